The number of rotatable bonds is 7. The van der Waals surface area contributed by atoms with Gasteiger partial charge >= 0.3 is 0 Å². The van der Waals surface area contributed by atoms with Crippen molar-refractivity contribution in [1.29, 1.82) is 0 Å². The Morgan fingerprint density at radius 2 is 2.08 bits per heavy atom. The zero-order valence-corrected chi connectivity index (χ0v) is 16.6. The molecule has 2 aromatic rings. The monoisotopic (exact) mass is 444 g/mol. The van der Waals surface area contributed by atoms with Crippen LogP contribution < -0.4 is 10.6 Å². The zero-order chi connectivity index (χ0) is 16.5. The molecule has 0 spiro atoms. The van der Waals surface area contributed by atoms with E-state index in [1.807, 2.05) is 31.2 Å². The van der Waals surface area contributed by atoms with Gasteiger partial charge in [-0.2, -0.15) is 5.10 Å². The molecule has 1 unspecified atom stereocenters. The summed E-state index contributed by atoms with van der Waals surface area (Å²) in [5.74, 6) is 0.789. The van der Waals surface area contributed by atoms with Crippen molar-refractivity contribution in [2.45, 2.75) is 26.4 Å². The number of methoxy groups -OCH3 is 1. The van der Waals surface area contributed by atoms with Gasteiger partial charge in [-0.1, -0.05) is 12.1 Å². The molecular weight excluding hydrogens is 419 g/mol. The minimum Gasteiger partial charge on any atom is -0.383 e. The molecular formula is C16H25IN6O. The van der Waals surface area contributed by atoms with Crippen molar-refractivity contribution in [2.24, 2.45) is 4.99 Å². The van der Waals surface area contributed by atoms with E-state index in [1.165, 1.54) is 6.33 Å². The van der Waals surface area contributed by atoms with Gasteiger partial charge < -0.3 is 15.4 Å². The van der Waals surface area contributed by atoms with Crippen molar-refractivity contribution < 1.29 is 4.74 Å². The van der Waals surface area contributed by atoms with Crippen LogP contribution in [0.3, 0.4) is 0 Å². The summed E-state index contributed by atoms with van der Waals surface area (Å²) >= 11 is 0. The smallest absolute Gasteiger partial charge is 0.191 e. The normalized spacial score (nSPS) is 12.4. The van der Waals surface area contributed by atoms with Crippen LogP contribution in [0.1, 0.15) is 19.4 Å². The molecule has 2 rings (SSSR count). The van der Waals surface area contributed by atoms with E-state index in [4.69, 9.17) is 4.74 Å². The van der Waals surface area contributed by atoms with Crippen molar-refractivity contribution in [3.63, 3.8) is 0 Å². The summed E-state index contributed by atoms with van der Waals surface area (Å²) in [4.78, 5) is 8.55. The Labute approximate surface area is 159 Å². The summed E-state index contributed by atoms with van der Waals surface area (Å²) in [5.41, 5.74) is 2.11. The lowest BCUT2D eigenvalue weighted by molar-refractivity contribution is 0.179. The number of nitrogens with one attached hydrogen (secondary N) is 2. The first-order valence-electron chi connectivity index (χ1n) is 7.70. The second kappa shape index (κ2) is 11.0. The first kappa shape index (κ1) is 20.4. The topological polar surface area (TPSA) is 76.4 Å². The highest BCUT2D eigenvalue weighted by Gasteiger charge is 2.04. The fourth-order valence-corrected chi connectivity index (χ4v) is 2.11. The second-order valence-electron chi connectivity index (χ2n) is 5.20. The molecule has 132 valence electrons. The van der Waals surface area contributed by atoms with Crippen molar-refractivity contribution in [2.75, 3.05) is 20.3 Å². The quantitative estimate of drug-likeness (QED) is 0.388. The van der Waals surface area contributed by atoms with Crippen LogP contribution in [0.4, 0.5) is 0 Å². The Balaban J connectivity index is 0.00000288. The van der Waals surface area contributed by atoms with Gasteiger partial charge in [-0.3, -0.25) is 0 Å². The van der Waals surface area contributed by atoms with E-state index in [0.29, 0.717) is 13.2 Å². The molecule has 0 saturated carbocycles. The number of hydrogen-bond acceptors (Lipinski definition) is 4. The molecule has 0 amide bonds. The number of nitrogens with zero attached hydrogens (tertiary/aromatic N) is 4. The fraction of sp³-hybridized carbons (Fsp3) is 0.438. The van der Waals surface area contributed by atoms with Gasteiger partial charge in [-0.15, -0.1) is 24.0 Å². The highest BCUT2D eigenvalue weighted by atomic mass is 127. The number of guanidine groups is 1. The van der Waals surface area contributed by atoms with Gasteiger partial charge in [0.25, 0.3) is 0 Å². The third-order valence-corrected chi connectivity index (χ3v) is 3.18. The van der Waals surface area contributed by atoms with E-state index in [2.05, 4.69) is 32.6 Å². The van der Waals surface area contributed by atoms with Crippen molar-refractivity contribution in [3.8, 4) is 5.69 Å². The van der Waals surface area contributed by atoms with E-state index in [-0.39, 0.29) is 30.0 Å². The SMILES string of the molecule is CCNC(=NCc1ccc(-n2cncn2)cc1)NC(C)COC.I. The maximum Gasteiger partial charge on any atom is 0.191 e. The Morgan fingerprint density at radius 3 is 2.67 bits per heavy atom. The zero-order valence-electron chi connectivity index (χ0n) is 14.3. The predicted octanol–water partition coefficient (Wildman–Crippen LogP) is 1.98. The summed E-state index contributed by atoms with van der Waals surface area (Å²) in [6.07, 6.45) is 3.20. The van der Waals surface area contributed by atoms with Gasteiger partial charge in [0.05, 0.1) is 18.8 Å². The Hall–Kier alpha value is -1.68. The van der Waals surface area contributed by atoms with E-state index < -0.39 is 0 Å². The Morgan fingerprint density at radius 1 is 1.33 bits per heavy atom. The molecule has 1 atom stereocenters. The maximum absolute atomic E-state index is 5.14. The molecule has 0 radical (unpaired) electrons. The Bertz CT molecular complexity index is 600. The van der Waals surface area contributed by atoms with E-state index in [9.17, 15) is 0 Å². The molecule has 8 heteroatoms. The molecule has 1 heterocycles. The summed E-state index contributed by atoms with van der Waals surface area (Å²) in [7, 11) is 1.69. The van der Waals surface area contributed by atoms with Crippen LogP contribution in [0.15, 0.2) is 41.9 Å². The first-order chi connectivity index (χ1) is 11.2. The molecule has 0 aliphatic carbocycles. The van der Waals surface area contributed by atoms with Gasteiger partial charge in [0.2, 0.25) is 0 Å². The molecule has 0 aliphatic rings. The lowest BCUT2D eigenvalue weighted by Crippen LogP contribution is -2.43. The van der Waals surface area contributed by atoms with Crippen LogP contribution in [0.5, 0.6) is 0 Å². The molecule has 0 bridgehead atoms. The second-order valence-corrected chi connectivity index (χ2v) is 5.20. The molecule has 2 N–H and O–H groups in total. The van der Waals surface area contributed by atoms with Crippen LogP contribution >= 0.6 is 24.0 Å². The summed E-state index contributed by atoms with van der Waals surface area (Å²) in [5, 5.41) is 10.7. The molecule has 0 aliphatic heterocycles. The van der Waals surface area contributed by atoms with Crippen LogP contribution in [-0.4, -0.2) is 47.0 Å². The maximum atomic E-state index is 5.14. The number of hydrogen-bond donors (Lipinski definition) is 2. The van der Waals surface area contributed by atoms with Crippen LogP contribution in [-0.2, 0) is 11.3 Å². The first-order valence-corrected chi connectivity index (χ1v) is 7.70. The average molecular weight is 444 g/mol. The van der Waals surface area contributed by atoms with Crippen molar-refractivity contribution in [1.82, 2.24) is 25.4 Å². The van der Waals surface area contributed by atoms with E-state index in [0.717, 1.165) is 23.8 Å². The van der Waals surface area contributed by atoms with E-state index in [1.54, 1.807) is 18.1 Å². The number of aromatic nitrogens is 3. The van der Waals surface area contributed by atoms with Crippen LogP contribution in [0.25, 0.3) is 5.69 Å². The molecule has 0 saturated heterocycles. The Kier molecular flexibility index (Phi) is 9.31. The predicted molar refractivity (Wildman–Crippen MR) is 106 cm³/mol. The van der Waals surface area contributed by atoms with E-state index >= 15 is 0 Å². The standard InChI is InChI=1S/C16H24N6O.HI/c1-4-18-16(21-13(2)10-23-3)19-9-14-5-7-15(8-6-14)22-12-17-11-20-22;/h5-8,11-13H,4,9-10H2,1-3H3,(H2,18,19,21);1H. The fourth-order valence-electron chi connectivity index (χ4n) is 2.11. The van der Waals surface area contributed by atoms with Crippen LogP contribution in [0, 0.1) is 0 Å². The lowest BCUT2D eigenvalue weighted by Gasteiger charge is -2.17. The minimum absolute atomic E-state index is 0. The summed E-state index contributed by atoms with van der Waals surface area (Å²) in [6.45, 7) is 6.16. The van der Waals surface area contributed by atoms with Gasteiger partial charge in [0.15, 0.2) is 5.96 Å². The summed E-state index contributed by atoms with van der Waals surface area (Å²) in [6, 6.07) is 8.30. The van der Waals surface area contributed by atoms with Gasteiger partial charge in [0.1, 0.15) is 12.7 Å². The number of benzene rings is 1. The average Bonchev–Trinajstić information content (AvgIpc) is 3.08. The lowest BCUT2D eigenvalue weighted by atomic mass is 10.2. The number of aliphatic imine (C=N–C) groups is 1. The van der Waals surface area contributed by atoms with Gasteiger partial charge in [-0.25, -0.2) is 14.7 Å². The van der Waals surface area contributed by atoms with Gasteiger partial charge in [0, 0.05) is 19.7 Å². The van der Waals surface area contributed by atoms with Crippen molar-refractivity contribution in [3.05, 3.63) is 42.5 Å². The third kappa shape index (κ3) is 6.44. The number of ether oxygens (including phenoxy) is 1. The molecule has 1 aromatic carbocycles. The molecule has 1 aromatic heterocycles. The highest BCUT2D eigenvalue weighted by molar-refractivity contribution is 14.0. The van der Waals surface area contributed by atoms with Crippen molar-refractivity contribution >= 4 is 29.9 Å². The van der Waals surface area contributed by atoms with Gasteiger partial charge in [-0.05, 0) is 31.5 Å². The number of halogens is 1. The molecule has 24 heavy (non-hydrogen) atoms. The molecule has 7 nitrogen and oxygen atoms in total. The third-order valence-electron chi connectivity index (χ3n) is 3.18. The molecule has 0 fully saturated rings. The summed E-state index contributed by atoms with van der Waals surface area (Å²) < 4.78 is 6.86. The highest BCUT2D eigenvalue weighted by Crippen LogP contribution is 2.08. The van der Waals surface area contributed by atoms with Crippen LogP contribution in [0.2, 0.25) is 0 Å². The minimum atomic E-state index is 0. The largest absolute Gasteiger partial charge is 0.383 e.